The fourth-order valence-corrected chi connectivity index (χ4v) is 2.12. The van der Waals surface area contributed by atoms with Crippen molar-refractivity contribution in [1.82, 2.24) is 9.97 Å². The number of hydrogen-bond acceptors (Lipinski definition) is 6. The van der Waals surface area contributed by atoms with Crippen LogP contribution in [0.3, 0.4) is 0 Å². The van der Waals surface area contributed by atoms with Gasteiger partial charge in [-0.3, -0.25) is 10.1 Å². The molecule has 2 aromatic heterocycles. The Labute approximate surface area is 108 Å². The van der Waals surface area contributed by atoms with E-state index in [-0.39, 0.29) is 5.91 Å². The van der Waals surface area contributed by atoms with Gasteiger partial charge in [0.2, 0.25) is 0 Å². The van der Waals surface area contributed by atoms with Crippen molar-refractivity contribution in [2.75, 3.05) is 10.7 Å². The average Bonchev–Trinajstić information content (AvgIpc) is 2.68. The van der Waals surface area contributed by atoms with E-state index >= 15 is 0 Å². The lowest BCUT2D eigenvalue weighted by atomic mass is 10.2. The van der Waals surface area contributed by atoms with Crippen molar-refractivity contribution >= 4 is 28.2 Å². The Morgan fingerprint density at radius 3 is 2.67 bits per heavy atom. The number of hydrazine groups is 1. The fourth-order valence-electron chi connectivity index (χ4n) is 1.31. The van der Waals surface area contributed by atoms with Crippen LogP contribution in [0.5, 0.6) is 0 Å². The lowest BCUT2D eigenvalue weighted by Crippen LogP contribution is -2.13. The second kappa shape index (κ2) is 5.11. The summed E-state index contributed by atoms with van der Waals surface area (Å²) in [5, 5.41) is 3.33. The molecule has 0 spiro atoms. The standard InChI is InChI=1S/C11H13N5OS/c1-6-7(2)18-11(14-6)15-10(17)8-3-4-9(16-12)13-5-8/h3-5H,12H2,1-2H3,(H,13,16)(H,14,15,17). The van der Waals surface area contributed by atoms with Gasteiger partial charge in [0.1, 0.15) is 5.82 Å². The van der Waals surface area contributed by atoms with E-state index in [1.807, 2.05) is 13.8 Å². The number of nitrogens with zero attached hydrogens (tertiary/aromatic N) is 2. The number of pyridine rings is 1. The summed E-state index contributed by atoms with van der Waals surface area (Å²) in [6, 6.07) is 3.28. The normalized spacial score (nSPS) is 10.2. The summed E-state index contributed by atoms with van der Waals surface area (Å²) in [6.07, 6.45) is 1.46. The van der Waals surface area contributed by atoms with E-state index in [1.54, 1.807) is 12.1 Å². The van der Waals surface area contributed by atoms with Crippen LogP contribution in [-0.2, 0) is 0 Å². The minimum Gasteiger partial charge on any atom is -0.308 e. The number of thiazole rings is 1. The molecule has 4 N–H and O–H groups in total. The molecule has 0 atom stereocenters. The molecule has 6 nitrogen and oxygen atoms in total. The fraction of sp³-hybridized carbons (Fsp3) is 0.182. The molecule has 0 bridgehead atoms. The van der Waals surface area contributed by atoms with Gasteiger partial charge in [0.25, 0.3) is 5.91 Å². The molecule has 0 fully saturated rings. The van der Waals surface area contributed by atoms with Crippen molar-refractivity contribution in [3.8, 4) is 0 Å². The van der Waals surface area contributed by atoms with E-state index in [0.29, 0.717) is 16.5 Å². The number of carbonyl (C=O) groups excluding carboxylic acids is 1. The highest BCUT2D eigenvalue weighted by atomic mass is 32.1. The highest BCUT2D eigenvalue weighted by Crippen LogP contribution is 2.21. The lowest BCUT2D eigenvalue weighted by Gasteiger charge is -2.02. The number of nitrogens with one attached hydrogen (secondary N) is 2. The molecule has 0 aliphatic rings. The largest absolute Gasteiger partial charge is 0.308 e. The molecule has 2 heterocycles. The summed E-state index contributed by atoms with van der Waals surface area (Å²) in [7, 11) is 0. The maximum atomic E-state index is 11.9. The molecule has 0 saturated heterocycles. The van der Waals surface area contributed by atoms with Crippen LogP contribution in [0.15, 0.2) is 18.3 Å². The van der Waals surface area contributed by atoms with Gasteiger partial charge in [0.15, 0.2) is 5.13 Å². The monoisotopic (exact) mass is 263 g/mol. The highest BCUT2D eigenvalue weighted by molar-refractivity contribution is 7.15. The molecule has 18 heavy (non-hydrogen) atoms. The molecule has 0 aliphatic carbocycles. The van der Waals surface area contributed by atoms with Crippen LogP contribution < -0.4 is 16.6 Å². The van der Waals surface area contributed by atoms with E-state index in [4.69, 9.17) is 5.84 Å². The van der Waals surface area contributed by atoms with Gasteiger partial charge in [-0.15, -0.1) is 11.3 Å². The molecule has 2 rings (SSSR count). The third-order valence-corrected chi connectivity index (χ3v) is 3.41. The molecule has 94 valence electrons. The molecule has 1 amide bonds. The zero-order valence-electron chi connectivity index (χ0n) is 10.0. The Hall–Kier alpha value is -1.99. The summed E-state index contributed by atoms with van der Waals surface area (Å²) >= 11 is 1.45. The van der Waals surface area contributed by atoms with Gasteiger partial charge >= 0.3 is 0 Å². The second-order valence-electron chi connectivity index (χ2n) is 3.69. The van der Waals surface area contributed by atoms with Crippen molar-refractivity contribution in [3.05, 3.63) is 34.5 Å². The smallest absolute Gasteiger partial charge is 0.259 e. The quantitative estimate of drug-likeness (QED) is 0.579. The first-order valence-corrected chi connectivity index (χ1v) is 6.10. The first-order chi connectivity index (χ1) is 8.60. The van der Waals surface area contributed by atoms with Gasteiger partial charge in [-0.2, -0.15) is 0 Å². The predicted octanol–water partition coefficient (Wildman–Crippen LogP) is 1.69. The molecular formula is C11H13N5OS. The first kappa shape index (κ1) is 12.5. The Morgan fingerprint density at radius 1 is 1.39 bits per heavy atom. The minimum atomic E-state index is -0.236. The van der Waals surface area contributed by atoms with Crippen LogP contribution in [0.2, 0.25) is 0 Å². The number of carbonyl (C=O) groups is 1. The van der Waals surface area contributed by atoms with Gasteiger partial charge in [-0.1, -0.05) is 0 Å². The summed E-state index contributed by atoms with van der Waals surface area (Å²) in [6.45, 7) is 3.87. The zero-order valence-corrected chi connectivity index (χ0v) is 10.8. The van der Waals surface area contributed by atoms with Crippen molar-refractivity contribution in [2.24, 2.45) is 5.84 Å². The molecule has 0 aliphatic heterocycles. The first-order valence-electron chi connectivity index (χ1n) is 5.28. The molecule has 0 radical (unpaired) electrons. The van der Waals surface area contributed by atoms with Crippen molar-refractivity contribution in [1.29, 1.82) is 0 Å². The van der Waals surface area contributed by atoms with Gasteiger partial charge in [-0.05, 0) is 26.0 Å². The Balaban J connectivity index is 2.11. The van der Waals surface area contributed by atoms with Crippen LogP contribution in [0.25, 0.3) is 0 Å². The Morgan fingerprint density at radius 2 is 2.17 bits per heavy atom. The number of aromatic nitrogens is 2. The summed E-state index contributed by atoms with van der Waals surface area (Å²) in [5.74, 6) is 5.47. The van der Waals surface area contributed by atoms with E-state index in [2.05, 4.69) is 20.7 Å². The lowest BCUT2D eigenvalue weighted by molar-refractivity contribution is 0.102. The van der Waals surface area contributed by atoms with E-state index < -0.39 is 0 Å². The Kier molecular flexibility index (Phi) is 3.54. The maximum Gasteiger partial charge on any atom is 0.259 e. The summed E-state index contributed by atoms with van der Waals surface area (Å²) < 4.78 is 0. The number of anilines is 2. The summed E-state index contributed by atoms with van der Waals surface area (Å²) in [5.41, 5.74) is 3.79. The molecule has 2 aromatic rings. The highest BCUT2D eigenvalue weighted by Gasteiger charge is 2.10. The topological polar surface area (TPSA) is 92.9 Å². The molecule has 0 unspecified atom stereocenters. The van der Waals surface area contributed by atoms with E-state index in [0.717, 1.165) is 10.6 Å². The van der Waals surface area contributed by atoms with Crippen LogP contribution in [0, 0.1) is 13.8 Å². The van der Waals surface area contributed by atoms with Crippen LogP contribution in [0.1, 0.15) is 20.9 Å². The SMILES string of the molecule is Cc1nc(NC(=O)c2ccc(NN)nc2)sc1C. The number of nitrogens with two attached hydrogens (primary N) is 1. The molecule has 7 heteroatoms. The van der Waals surface area contributed by atoms with E-state index in [1.165, 1.54) is 17.5 Å². The minimum absolute atomic E-state index is 0.236. The number of aryl methyl sites for hydroxylation is 2. The van der Waals surface area contributed by atoms with Crippen molar-refractivity contribution in [2.45, 2.75) is 13.8 Å². The molecular weight excluding hydrogens is 250 g/mol. The predicted molar refractivity (Wildman–Crippen MR) is 71.6 cm³/mol. The van der Waals surface area contributed by atoms with Gasteiger partial charge in [0, 0.05) is 11.1 Å². The number of amides is 1. The van der Waals surface area contributed by atoms with Crippen LogP contribution >= 0.6 is 11.3 Å². The third-order valence-electron chi connectivity index (χ3n) is 2.42. The third kappa shape index (κ3) is 2.63. The van der Waals surface area contributed by atoms with Crippen molar-refractivity contribution < 1.29 is 4.79 Å². The zero-order chi connectivity index (χ0) is 13.1. The van der Waals surface area contributed by atoms with Gasteiger partial charge in [0.05, 0.1) is 11.3 Å². The summed E-state index contributed by atoms with van der Waals surface area (Å²) in [4.78, 5) is 21.2. The number of nitrogen functional groups attached to an aromatic ring is 1. The number of hydrogen-bond donors (Lipinski definition) is 3. The van der Waals surface area contributed by atoms with Crippen molar-refractivity contribution in [3.63, 3.8) is 0 Å². The molecule has 0 aromatic carbocycles. The number of rotatable bonds is 3. The second-order valence-corrected chi connectivity index (χ2v) is 4.89. The van der Waals surface area contributed by atoms with Gasteiger partial charge < -0.3 is 5.43 Å². The van der Waals surface area contributed by atoms with Gasteiger partial charge in [-0.25, -0.2) is 15.8 Å². The maximum absolute atomic E-state index is 11.9. The molecule has 0 saturated carbocycles. The Bertz CT molecular complexity index is 544. The van der Waals surface area contributed by atoms with Crippen LogP contribution in [0.4, 0.5) is 10.9 Å². The van der Waals surface area contributed by atoms with Crippen LogP contribution in [-0.4, -0.2) is 15.9 Å². The van der Waals surface area contributed by atoms with E-state index in [9.17, 15) is 4.79 Å². The average molecular weight is 263 g/mol.